The molecule has 13 heavy (non-hydrogen) atoms. The minimum atomic E-state index is -0.160. The fourth-order valence-corrected chi connectivity index (χ4v) is 2.45. The van der Waals surface area contributed by atoms with Gasteiger partial charge in [0.1, 0.15) is 0 Å². The van der Waals surface area contributed by atoms with Crippen LogP contribution in [-0.4, -0.2) is 36.6 Å². The topological polar surface area (TPSA) is 29.5 Å². The van der Waals surface area contributed by atoms with Crippen molar-refractivity contribution in [1.82, 2.24) is 4.90 Å². The summed E-state index contributed by atoms with van der Waals surface area (Å²) in [4.78, 5) is 13.8. The van der Waals surface area contributed by atoms with Crippen LogP contribution in [0.3, 0.4) is 0 Å². The molecule has 2 aliphatic rings. The second-order valence-electron chi connectivity index (χ2n) is 3.93. The van der Waals surface area contributed by atoms with Crippen LogP contribution in [-0.2, 0) is 9.53 Å². The molecule has 0 spiro atoms. The van der Waals surface area contributed by atoms with Gasteiger partial charge in [-0.2, -0.15) is 0 Å². The molecule has 1 atom stereocenters. The number of hydrogen-bond acceptors (Lipinski definition) is 3. The van der Waals surface area contributed by atoms with E-state index in [1.807, 2.05) is 6.08 Å². The highest BCUT2D eigenvalue weighted by molar-refractivity contribution is 5.91. The van der Waals surface area contributed by atoms with Crippen LogP contribution in [0, 0.1) is 0 Å². The lowest BCUT2D eigenvalue weighted by molar-refractivity contribution is -0.137. The summed E-state index contributed by atoms with van der Waals surface area (Å²) in [7, 11) is 1.45. The number of hydrogen-bond donors (Lipinski definition) is 0. The molecule has 72 valence electrons. The quantitative estimate of drug-likeness (QED) is 0.564. The number of fused-ring (bicyclic) bond motifs is 1. The molecule has 1 unspecified atom stereocenters. The van der Waals surface area contributed by atoms with Gasteiger partial charge in [0.15, 0.2) is 0 Å². The van der Waals surface area contributed by atoms with Crippen LogP contribution in [0.1, 0.15) is 19.8 Å². The molecule has 3 heteroatoms. The van der Waals surface area contributed by atoms with E-state index in [0.29, 0.717) is 0 Å². The number of carbonyl (C=O) groups excluding carboxylic acids is 1. The summed E-state index contributed by atoms with van der Waals surface area (Å²) in [5, 5.41) is 0. The number of carbonyl (C=O) groups is 1. The second kappa shape index (κ2) is 2.84. The first-order chi connectivity index (χ1) is 6.18. The maximum Gasteiger partial charge on any atom is 0.335 e. The van der Waals surface area contributed by atoms with Gasteiger partial charge >= 0.3 is 5.97 Å². The highest BCUT2D eigenvalue weighted by Crippen LogP contribution is 2.39. The van der Waals surface area contributed by atoms with Crippen molar-refractivity contribution in [3.05, 3.63) is 11.6 Å². The predicted molar refractivity (Wildman–Crippen MR) is 49.3 cm³/mol. The summed E-state index contributed by atoms with van der Waals surface area (Å²) < 4.78 is 4.77. The molecule has 0 aromatic carbocycles. The molecule has 1 saturated heterocycles. The zero-order chi connectivity index (χ0) is 9.47. The van der Waals surface area contributed by atoms with Gasteiger partial charge in [0, 0.05) is 6.54 Å². The molecular weight excluding hydrogens is 166 g/mol. The largest absolute Gasteiger partial charge is 0.466 e. The van der Waals surface area contributed by atoms with E-state index in [2.05, 4.69) is 11.8 Å². The van der Waals surface area contributed by atoms with Crippen LogP contribution in [0.25, 0.3) is 0 Å². The molecule has 0 saturated carbocycles. The van der Waals surface area contributed by atoms with Gasteiger partial charge in [0.2, 0.25) is 0 Å². The van der Waals surface area contributed by atoms with Gasteiger partial charge < -0.3 is 4.74 Å². The van der Waals surface area contributed by atoms with E-state index >= 15 is 0 Å². The monoisotopic (exact) mass is 181 g/mol. The fraction of sp³-hybridized carbons (Fsp3) is 0.700. The number of nitrogens with zero attached hydrogens (tertiary/aromatic N) is 1. The molecule has 2 rings (SSSR count). The Morgan fingerprint density at radius 1 is 1.69 bits per heavy atom. The van der Waals surface area contributed by atoms with E-state index in [9.17, 15) is 4.79 Å². The van der Waals surface area contributed by atoms with Crippen molar-refractivity contribution in [3.8, 4) is 0 Å². The molecule has 2 heterocycles. The van der Waals surface area contributed by atoms with Gasteiger partial charge in [-0.3, -0.25) is 4.90 Å². The molecule has 1 fully saturated rings. The highest BCUT2D eigenvalue weighted by Gasteiger charge is 2.45. The Labute approximate surface area is 78.4 Å². The molecule has 0 bridgehead atoms. The van der Waals surface area contributed by atoms with Crippen LogP contribution in [0.5, 0.6) is 0 Å². The summed E-state index contributed by atoms with van der Waals surface area (Å²) in [5.74, 6) is -0.160. The van der Waals surface area contributed by atoms with E-state index in [4.69, 9.17) is 4.74 Å². The smallest absolute Gasteiger partial charge is 0.335 e. The van der Waals surface area contributed by atoms with Crippen molar-refractivity contribution in [1.29, 1.82) is 0 Å². The van der Waals surface area contributed by atoms with Crippen LogP contribution in [0.2, 0.25) is 0 Å². The Balaban J connectivity index is 2.26. The summed E-state index contributed by atoms with van der Waals surface area (Å²) in [6.45, 7) is 4.14. The molecule has 0 radical (unpaired) electrons. The Bertz CT molecular complexity index is 272. The number of ether oxygens (including phenoxy) is 1. The molecule has 0 aromatic heterocycles. The van der Waals surface area contributed by atoms with Gasteiger partial charge in [0.25, 0.3) is 0 Å². The Hall–Kier alpha value is -0.830. The lowest BCUT2D eigenvalue weighted by atomic mass is 9.91. The van der Waals surface area contributed by atoms with Crippen molar-refractivity contribution >= 4 is 5.97 Å². The van der Waals surface area contributed by atoms with Crippen molar-refractivity contribution in [2.24, 2.45) is 0 Å². The van der Waals surface area contributed by atoms with Gasteiger partial charge in [-0.05, 0) is 26.3 Å². The fourth-order valence-electron chi connectivity index (χ4n) is 2.45. The molecule has 2 aliphatic heterocycles. The summed E-state index contributed by atoms with van der Waals surface area (Å²) in [6, 6.07) is 0. The van der Waals surface area contributed by atoms with Gasteiger partial charge in [-0.25, -0.2) is 4.79 Å². The zero-order valence-corrected chi connectivity index (χ0v) is 8.17. The summed E-state index contributed by atoms with van der Waals surface area (Å²) in [6.07, 6.45) is 4.27. The molecular formula is C10H15NO2. The molecule has 0 aliphatic carbocycles. The Morgan fingerprint density at radius 2 is 2.46 bits per heavy atom. The summed E-state index contributed by atoms with van der Waals surface area (Å²) in [5.41, 5.74) is 0.820. The third kappa shape index (κ3) is 1.10. The maximum atomic E-state index is 11.4. The SMILES string of the molecule is COC(=O)C1=CCN2CCCC12C. The predicted octanol–water partition coefficient (Wildman–Crippen LogP) is 0.954. The van der Waals surface area contributed by atoms with Gasteiger partial charge in [0.05, 0.1) is 18.2 Å². The Morgan fingerprint density at radius 3 is 3.15 bits per heavy atom. The average molecular weight is 181 g/mol. The van der Waals surface area contributed by atoms with Crippen molar-refractivity contribution in [2.75, 3.05) is 20.2 Å². The van der Waals surface area contributed by atoms with E-state index < -0.39 is 0 Å². The minimum Gasteiger partial charge on any atom is -0.466 e. The van der Waals surface area contributed by atoms with Crippen LogP contribution < -0.4 is 0 Å². The zero-order valence-electron chi connectivity index (χ0n) is 8.17. The van der Waals surface area contributed by atoms with Gasteiger partial charge in [-0.1, -0.05) is 6.08 Å². The summed E-state index contributed by atoms with van der Waals surface area (Å²) >= 11 is 0. The number of rotatable bonds is 1. The van der Waals surface area contributed by atoms with Gasteiger partial charge in [-0.15, -0.1) is 0 Å². The maximum absolute atomic E-state index is 11.4. The van der Waals surface area contributed by atoms with Crippen molar-refractivity contribution < 1.29 is 9.53 Å². The van der Waals surface area contributed by atoms with Crippen molar-refractivity contribution in [3.63, 3.8) is 0 Å². The normalized spacial score (nSPS) is 32.9. The van der Waals surface area contributed by atoms with Crippen molar-refractivity contribution in [2.45, 2.75) is 25.3 Å². The molecule has 0 N–H and O–H groups in total. The lowest BCUT2D eigenvalue weighted by Gasteiger charge is -2.29. The molecule has 0 aromatic rings. The van der Waals surface area contributed by atoms with Crippen LogP contribution in [0.15, 0.2) is 11.6 Å². The first-order valence-electron chi connectivity index (χ1n) is 4.72. The highest BCUT2D eigenvalue weighted by atomic mass is 16.5. The third-order valence-electron chi connectivity index (χ3n) is 3.29. The average Bonchev–Trinajstić information content (AvgIpc) is 2.59. The van der Waals surface area contributed by atoms with E-state index in [1.165, 1.54) is 13.5 Å². The van der Waals surface area contributed by atoms with E-state index in [-0.39, 0.29) is 11.5 Å². The minimum absolute atomic E-state index is 0.0346. The first-order valence-corrected chi connectivity index (χ1v) is 4.72. The number of esters is 1. The molecule has 3 nitrogen and oxygen atoms in total. The third-order valence-corrected chi connectivity index (χ3v) is 3.29. The first kappa shape index (κ1) is 8.75. The molecule has 0 amide bonds. The van der Waals surface area contributed by atoms with E-state index in [0.717, 1.165) is 25.1 Å². The lowest BCUT2D eigenvalue weighted by Crippen LogP contribution is -2.40. The standard InChI is InChI=1S/C10H15NO2/c1-10-5-3-6-11(10)7-4-8(10)9(12)13-2/h4H,3,5-7H2,1-2H3. The Kier molecular flexibility index (Phi) is 1.91. The van der Waals surface area contributed by atoms with E-state index in [1.54, 1.807) is 0 Å². The van der Waals surface area contributed by atoms with Crippen LogP contribution in [0.4, 0.5) is 0 Å². The number of methoxy groups -OCH3 is 1. The van der Waals surface area contributed by atoms with Crippen LogP contribution >= 0.6 is 0 Å². The second-order valence-corrected chi connectivity index (χ2v) is 3.93.